The fraction of sp³-hybridized carbons (Fsp3) is 0.433. The second-order valence-corrected chi connectivity index (χ2v) is 11.1. The maximum absolute atomic E-state index is 12.7. The molecule has 1 fully saturated rings. The lowest BCUT2D eigenvalue weighted by atomic mass is 10.1. The highest BCUT2D eigenvalue weighted by Crippen LogP contribution is 2.28. The lowest BCUT2D eigenvalue weighted by molar-refractivity contribution is 0.0374. The fourth-order valence-electron chi connectivity index (χ4n) is 4.47. The third kappa shape index (κ3) is 9.49. The second-order valence-electron chi connectivity index (χ2n) is 9.74. The van der Waals surface area contributed by atoms with Gasteiger partial charge in [0.2, 0.25) is 0 Å². The summed E-state index contributed by atoms with van der Waals surface area (Å²) in [6.45, 7) is 5.84. The first-order valence-electron chi connectivity index (χ1n) is 13.7. The third-order valence-electron chi connectivity index (χ3n) is 6.83. The van der Waals surface area contributed by atoms with Gasteiger partial charge >= 0.3 is 0 Å². The van der Waals surface area contributed by atoms with Crippen LogP contribution in [0.15, 0.2) is 53.7 Å². The van der Waals surface area contributed by atoms with Crippen LogP contribution >= 0.6 is 23.4 Å². The van der Waals surface area contributed by atoms with E-state index in [-0.39, 0.29) is 5.91 Å². The summed E-state index contributed by atoms with van der Waals surface area (Å²) in [6.07, 6.45) is 1.71. The van der Waals surface area contributed by atoms with E-state index in [0.717, 1.165) is 69.2 Å². The van der Waals surface area contributed by atoms with Crippen molar-refractivity contribution in [1.29, 1.82) is 0 Å². The molecule has 0 aliphatic carbocycles. The van der Waals surface area contributed by atoms with Crippen molar-refractivity contribution in [3.05, 3.63) is 70.4 Å². The number of rotatable bonds is 14. The average molecular weight is 600 g/mol. The van der Waals surface area contributed by atoms with Crippen molar-refractivity contribution in [3.8, 4) is 11.5 Å². The predicted molar refractivity (Wildman–Crippen MR) is 164 cm³/mol. The van der Waals surface area contributed by atoms with Gasteiger partial charge in [0.15, 0.2) is 16.7 Å². The van der Waals surface area contributed by atoms with Crippen molar-refractivity contribution in [3.63, 3.8) is 0 Å². The van der Waals surface area contributed by atoms with E-state index in [1.165, 1.54) is 11.8 Å². The Hall–Kier alpha value is -3.05. The number of nitrogens with zero attached hydrogens (tertiary/aromatic N) is 4. The number of ether oxygens (including phenoxy) is 3. The summed E-state index contributed by atoms with van der Waals surface area (Å²) in [4.78, 5) is 26.3. The van der Waals surface area contributed by atoms with Crippen LogP contribution in [0.4, 0.5) is 5.82 Å². The van der Waals surface area contributed by atoms with Gasteiger partial charge in [-0.05, 0) is 54.8 Å². The minimum absolute atomic E-state index is 0.0591. The maximum atomic E-state index is 12.7. The zero-order valence-corrected chi connectivity index (χ0v) is 25.5. The van der Waals surface area contributed by atoms with Crippen molar-refractivity contribution >= 4 is 35.1 Å². The molecule has 41 heavy (non-hydrogen) atoms. The molecule has 0 saturated carbocycles. The number of halogens is 1. The van der Waals surface area contributed by atoms with E-state index in [1.807, 2.05) is 49.5 Å². The van der Waals surface area contributed by atoms with Gasteiger partial charge in [-0.3, -0.25) is 9.69 Å². The number of thioether (sulfide) groups is 1. The lowest BCUT2D eigenvalue weighted by Gasteiger charge is -2.26. The van der Waals surface area contributed by atoms with E-state index in [0.29, 0.717) is 39.7 Å². The monoisotopic (exact) mass is 599 g/mol. The topological polar surface area (TPSA) is 89.1 Å². The molecule has 1 aliphatic rings. The molecular weight excluding hydrogens is 562 g/mol. The zero-order chi connectivity index (χ0) is 29.0. The SMILES string of the molecule is COc1ccc(CCN(C)c2cc(Cl)nc(SCc3cccc(C(=O)NCCCN4CCOCC4)c3)n2)cc1OC. The van der Waals surface area contributed by atoms with Gasteiger partial charge in [0.25, 0.3) is 5.91 Å². The maximum Gasteiger partial charge on any atom is 0.251 e. The minimum Gasteiger partial charge on any atom is -0.493 e. The number of hydrogen-bond donors (Lipinski definition) is 1. The Bertz CT molecular complexity index is 1290. The van der Waals surface area contributed by atoms with E-state index in [4.69, 9.17) is 30.8 Å². The lowest BCUT2D eigenvalue weighted by Crippen LogP contribution is -2.38. The molecule has 1 saturated heterocycles. The summed E-state index contributed by atoms with van der Waals surface area (Å²) in [5.41, 5.74) is 2.80. The first-order valence-corrected chi connectivity index (χ1v) is 15.1. The molecule has 1 N–H and O–H groups in total. The number of aromatic nitrogens is 2. The van der Waals surface area contributed by atoms with Gasteiger partial charge in [-0.1, -0.05) is 41.6 Å². The minimum atomic E-state index is -0.0591. The van der Waals surface area contributed by atoms with E-state index in [2.05, 4.69) is 20.1 Å². The van der Waals surface area contributed by atoms with Gasteiger partial charge < -0.3 is 24.4 Å². The van der Waals surface area contributed by atoms with Crippen molar-refractivity contribution < 1.29 is 19.0 Å². The summed E-state index contributed by atoms with van der Waals surface area (Å²) in [5, 5.41) is 4.01. The molecule has 9 nitrogen and oxygen atoms in total. The molecule has 0 unspecified atom stereocenters. The number of benzene rings is 2. The van der Waals surface area contributed by atoms with Crippen molar-refractivity contribution in [2.75, 3.05) is 72.1 Å². The highest BCUT2D eigenvalue weighted by Gasteiger charge is 2.13. The molecule has 1 aliphatic heterocycles. The predicted octanol–water partition coefficient (Wildman–Crippen LogP) is 4.57. The van der Waals surface area contributed by atoms with Crippen LogP contribution in [0.25, 0.3) is 0 Å². The first-order chi connectivity index (χ1) is 19.9. The first kappa shape index (κ1) is 30.9. The number of nitrogens with one attached hydrogen (secondary N) is 1. The summed E-state index contributed by atoms with van der Waals surface area (Å²) in [6, 6.07) is 15.4. The number of carbonyl (C=O) groups excluding carboxylic acids is 1. The Kier molecular flexibility index (Phi) is 11.9. The van der Waals surface area contributed by atoms with Crippen LogP contribution in [-0.2, 0) is 16.9 Å². The van der Waals surface area contributed by atoms with Gasteiger partial charge in [0.1, 0.15) is 11.0 Å². The number of morpholine rings is 1. The number of carbonyl (C=O) groups is 1. The standard InChI is InChI=1S/C30H38ClN5O4S/c1-35(13-10-22-8-9-25(38-2)26(19-22)39-3)28-20-27(31)33-30(34-28)41-21-23-6-4-7-24(18-23)29(37)32-11-5-12-36-14-16-40-17-15-36/h4,6-9,18-20H,5,10-17,21H2,1-3H3,(H,32,37). The number of hydrogen-bond acceptors (Lipinski definition) is 9. The van der Waals surface area contributed by atoms with Gasteiger partial charge in [-0.15, -0.1) is 0 Å². The van der Waals surface area contributed by atoms with Crippen molar-refractivity contribution in [2.24, 2.45) is 0 Å². The number of likely N-dealkylation sites (N-methyl/N-ethyl adjacent to an activating group) is 1. The number of methoxy groups -OCH3 is 2. The molecule has 1 aromatic heterocycles. The average Bonchev–Trinajstić information content (AvgIpc) is 3.01. The molecule has 11 heteroatoms. The van der Waals surface area contributed by atoms with Crippen LogP contribution in [0.5, 0.6) is 11.5 Å². The van der Waals surface area contributed by atoms with E-state index in [9.17, 15) is 4.79 Å². The third-order valence-corrected chi connectivity index (χ3v) is 7.95. The van der Waals surface area contributed by atoms with Gasteiger partial charge in [0, 0.05) is 50.6 Å². The quantitative estimate of drug-likeness (QED) is 0.124. The molecule has 2 aromatic carbocycles. The fourth-order valence-corrected chi connectivity index (χ4v) is 5.50. The molecule has 220 valence electrons. The van der Waals surface area contributed by atoms with Crippen molar-refractivity contribution in [2.45, 2.75) is 23.8 Å². The number of anilines is 1. The van der Waals surface area contributed by atoms with E-state index in [1.54, 1.807) is 20.3 Å². The van der Waals surface area contributed by atoms with Crippen LogP contribution in [-0.4, -0.2) is 88.0 Å². The molecule has 0 spiro atoms. The molecule has 2 heterocycles. The molecule has 0 atom stereocenters. The molecular formula is C30H38ClN5O4S. The van der Waals surface area contributed by atoms with Crippen LogP contribution in [0.3, 0.4) is 0 Å². The van der Waals surface area contributed by atoms with Crippen LogP contribution < -0.4 is 19.7 Å². The highest BCUT2D eigenvalue weighted by atomic mass is 35.5. The summed E-state index contributed by atoms with van der Waals surface area (Å²) >= 11 is 7.85. The molecule has 1 amide bonds. The second kappa shape index (κ2) is 15.8. The Morgan fingerprint density at radius 2 is 1.88 bits per heavy atom. The summed E-state index contributed by atoms with van der Waals surface area (Å²) in [5.74, 6) is 2.73. The van der Waals surface area contributed by atoms with Crippen LogP contribution in [0, 0.1) is 0 Å². The molecule has 0 bridgehead atoms. The van der Waals surface area contributed by atoms with Gasteiger partial charge in [-0.25, -0.2) is 9.97 Å². The Balaban J connectivity index is 1.28. The Morgan fingerprint density at radius 1 is 1.07 bits per heavy atom. The summed E-state index contributed by atoms with van der Waals surface area (Å²) < 4.78 is 16.1. The highest BCUT2D eigenvalue weighted by molar-refractivity contribution is 7.98. The number of amides is 1. The normalized spacial score (nSPS) is 13.6. The Morgan fingerprint density at radius 3 is 2.66 bits per heavy atom. The smallest absolute Gasteiger partial charge is 0.251 e. The largest absolute Gasteiger partial charge is 0.493 e. The van der Waals surface area contributed by atoms with Gasteiger partial charge in [0.05, 0.1) is 27.4 Å². The molecule has 3 aromatic rings. The molecule has 0 radical (unpaired) electrons. The van der Waals surface area contributed by atoms with E-state index < -0.39 is 0 Å². The van der Waals surface area contributed by atoms with Crippen LogP contribution in [0.1, 0.15) is 27.9 Å². The summed E-state index contributed by atoms with van der Waals surface area (Å²) in [7, 11) is 5.25. The van der Waals surface area contributed by atoms with Crippen LogP contribution in [0.2, 0.25) is 5.15 Å². The Labute approximate surface area is 251 Å². The zero-order valence-electron chi connectivity index (χ0n) is 23.9. The van der Waals surface area contributed by atoms with E-state index >= 15 is 0 Å². The van der Waals surface area contributed by atoms with Crippen molar-refractivity contribution in [1.82, 2.24) is 20.2 Å². The molecule has 4 rings (SSSR count). The van der Waals surface area contributed by atoms with Gasteiger partial charge in [-0.2, -0.15) is 0 Å².